The molecule has 0 bridgehead atoms. The van der Waals surface area contributed by atoms with Crippen molar-refractivity contribution in [3.63, 3.8) is 0 Å². The van der Waals surface area contributed by atoms with Crippen LogP contribution < -0.4 is 4.74 Å². The summed E-state index contributed by atoms with van der Waals surface area (Å²) in [5.74, 6) is 0.719. The van der Waals surface area contributed by atoms with Crippen molar-refractivity contribution < 1.29 is 14.3 Å². The lowest BCUT2D eigenvalue weighted by atomic mass is 10.1. The number of nitrogens with zero attached hydrogens (tertiary/aromatic N) is 3. The van der Waals surface area contributed by atoms with Crippen molar-refractivity contribution in [3.05, 3.63) is 17.5 Å². The van der Waals surface area contributed by atoms with Gasteiger partial charge in [-0.15, -0.1) is 0 Å². The number of hydrogen-bond acceptors (Lipinski definition) is 5. The molecule has 1 atom stereocenters. The second-order valence-corrected chi connectivity index (χ2v) is 6.39. The van der Waals surface area contributed by atoms with Crippen molar-refractivity contribution in [1.29, 1.82) is 0 Å². The van der Waals surface area contributed by atoms with E-state index in [1.54, 1.807) is 17.2 Å². The Labute approximate surface area is 129 Å². The lowest BCUT2D eigenvalue weighted by Gasteiger charge is -2.24. The Hall–Kier alpha value is -1.56. The van der Waals surface area contributed by atoms with E-state index in [9.17, 15) is 4.79 Å². The van der Waals surface area contributed by atoms with Crippen LogP contribution in [-0.2, 0) is 4.74 Å². The van der Waals surface area contributed by atoms with Crippen LogP contribution in [0.25, 0.3) is 0 Å². The minimum atomic E-state index is -0.469. The van der Waals surface area contributed by atoms with Gasteiger partial charge in [-0.1, -0.05) is 0 Å². The van der Waals surface area contributed by atoms with E-state index in [2.05, 4.69) is 9.97 Å². The van der Waals surface area contributed by atoms with Crippen LogP contribution in [0.3, 0.4) is 0 Å². The molecule has 2 heterocycles. The SMILES string of the molecule is CC(C)(C)OC(=O)N1CCC(COc2ccnc(Cl)n2)C1. The van der Waals surface area contributed by atoms with Gasteiger partial charge in [0.25, 0.3) is 0 Å². The maximum atomic E-state index is 12.0. The van der Waals surface area contributed by atoms with Crippen LogP contribution in [-0.4, -0.2) is 46.3 Å². The number of carbonyl (C=O) groups excluding carboxylic acids is 1. The summed E-state index contributed by atoms with van der Waals surface area (Å²) < 4.78 is 10.9. The summed E-state index contributed by atoms with van der Waals surface area (Å²) in [6.07, 6.45) is 2.17. The summed E-state index contributed by atoms with van der Waals surface area (Å²) in [6.45, 7) is 7.40. The van der Waals surface area contributed by atoms with E-state index in [4.69, 9.17) is 21.1 Å². The molecule has 1 unspecified atom stereocenters. The van der Waals surface area contributed by atoms with E-state index in [0.717, 1.165) is 6.42 Å². The highest BCUT2D eigenvalue weighted by Crippen LogP contribution is 2.20. The predicted molar refractivity (Wildman–Crippen MR) is 78.5 cm³/mol. The molecule has 0 spiro atoms. The van der Waals surface area contributed by atoms with Crippen molar-refractivity contribution in [2.75, 3.05) is 19.7 Å². The van der Waals surface area contributed by atoms with Crippen LogP contribution >= 0.6 is 11.6 Å². The molecule has 7 heteroatoms. The maximum absolute atomic E-state index is 12.0. The van der Waals surface area contributed by atoms with Gasteiger partial charge in [0.15, 0.2) is 0 Å². The van der Waals surface area contributed by atoms with Gasteiger partial charge in [0, 0.05) is 31.3 Å². The molecule has 21 heavy (non-hydrogen) atoms. The summed E-state index contributed by atoms with van der Waals surface area (Å²) in [7, 11) is 0. The minimum Gasteiger partial charge on any atom is -0.477 e. The molecule has 1 aromatic rings. The van der Waals surface area contributed by atoms with Crippen LogP contribution in [0.5, 0.6) is 5.88 Å². The van der Waals surface area contributed by atoms with Crippen molar-refractivity contribution in [2.45, 2.75) is 32.8 Å². The van der Waals surface area contributed by atoms with E-state index in [1.165, 1.54) is 0 Å². The van der Waals surface area contributed by atoms with Crippen LogP contribution in [0, 0.1) is 5.92 Å². The molecule has 0 radical (unpaired) electrons. The molecule has 1 saturated heterocycles. The first-order valence-corrected chi connectivity index (χ1v) is 7.30. The molecular formula is C14H20ClN3O3. The minimum absolute atomic E-state index is 0.161. The second kappa shape index (κ2) is 6.47. The molecule has 0 saturated carbocycles. The van der Waals surface area contributed by atoms with E-state index in [-0.39, 0.29) is 17.3 Å². The summed E-state index contributed by atoms with van der Waals surface area (Å²) in [4.78, 5) is 21.4. The number of likely N-dealkylation sites (tertiary alicyclic amines) is 1. The molecule has 1 aliphatic rings. The average Bonchev–Trinajstić information content (AvgIpc) is 2.83. The molecule has 0 aliphatic carbocycles. The van der Waals surface area contributed by atoms with E-state index < -0.39 is 5.60 Å². The normalized spacial score (nSPS) is 18.7. The number of ether oxygens (including phenoxy) is 2. The van der Waals surface area contributed by atoms with Crippen LogP contribution in [0.2, 0.25) is 5.28 Å². The summed E-state index contributed by atoms with van der Waals surface area (Å²) in [5.41, 5.74) is -0.469. The Morgan fingerprint density at radius 1 is 1.52 bits per heavy atom. The number of hydrogen-bond donors (Lipinski definition) is 0. The number of carbonyl (C=O) groups is 1. The third-order valence-electron chi connectivity index (χ3n) is 3.01. The zero-order chi connectivity index (χ0) is 15.5. The van der Waals surface area contributed by atoms with Gasteiger partial charge in [-0.2, -0.15) is 4.98 Å². The first-order valence-electron chi connectivity index (χ1n) is 6.93. The molecular weight excluding hydrogens is 294 g/mol. The van der Waals surface area contributed by atoms with Crippen molar-refractivity contribution >= 4 is 17.7 Å². The smallest absolute Gasteiger partial charge is 0.410 e. The molecule has 6 nitrogen and oxygen atoms in total. The molecule has 0 aromatic carbocycles. The largest absolute Gasteiger partial charge is 0.477 e. The topological polar surface area (TPSA) is 64.5 Å². The van der Waals surface area contributed by atoms with Gasteiger partial charge in [0.2, 0.25) is 11.2 Å². The Morgan fingerprint density at radius 3 is 2.95 bits per heavy atom. The van der Waals surface area contributed by atoms with Crippen LogP contribution in [0.1, 0.15) is 27.2 Å². The van der Waals surface area contributed by atoms with Crippen molar-refractivity contribution in [2.24, 2.45) is 5.92 Å². The number of rotatable bonds is 3. The van der Waals surface area contributed by atoms with Crippen LogP contribution in [0.4, 0.5) is 4.79 Å². The fourth-order valence-corrected chi connectivity index (χ4v) is 2.20. The van der Waals surface area contributed by atoms with Gasteiger partial charge in [0.05, 0.1) is 6.61 Å². The molecule has 1 amide bonds. The molecule has 0 N–H and O–H groups in total. The molecule has 1 fully saturated rings. The third-order valence-corrected chi connectivity index (χ3v) is 3.19. The van der Waals surface area contributed by atoms with E-state index in [0.29, 0.717) is 25.6 Å². The third kappa shape index (κ3) is 5.04. The van der Waals surface area contributed by atoms with Gasteiger partial charge >= 0.3 is 6.09 Å². The average molecular weight is 314 g/mol. The zero-order valence-electron chi connectivity index (χ0n) is 12.5. The van der Waals surface area contributed by atoms with Gasteiger partial charge in [-0.3, -0.25) is 0 Å². The van der Waals surface area contributed by atoms with E-state index in [1.807, 2.05) is 20.8 Å². The van der Waals surface area contributed by atoms with Gasteiger partial charge in [0.1, 0.15) is 5.60 Å². The molecule has 1 aromatic heterocycles. The first kappa shape index (κ1) is 15.8. The van der Waals surface area contributed by atoms with Crippen molar-refractivity contribution in [3.8, 4) is 5.88 Å². The first-order chi connectivity index (χ1) is 9.83. The zero-order valence-corrected chi connectivity index (χ0v) is 13.3. The molecule has 2 rings (SSSR count). The highest BCUT2D eigenvalue weighted by atomic mass is 35.5. The fraction of sp³-hybridized carbons (Fsp3) is 0.643. The number of amides is 1. The van der Waals surface area contributed by atoms with Gasteiger partial charge < -0.3 is 14.4 Å². The van der Waals surface area contributed by atoms with Crippen LogP contribution in [0.15, 0.2) is 12.3 Å². The number of aromatic nitrogens is 2. The highest BCUT2D eigenvalue weighted by Gasteiger charge is 2.30. The summed E-state index contributed by atoms with van der Waals surface area (Å²) >= 11 is 5.69. The monoisotopic (exact) mass is 313 g/mol. The highest BCUT2D eigenvalue weighted by molar-refractivity contribution is 6.28. The van der Waals surface area contributed by atoms with Gasteiger partial charge in [-0.25, -0.2) is 9.78 Å². The van der Waals surface area contributed by atoms with E-state index >= 15 is 0 Å². The fourth-order valence-electron chi connectivity index (χ4n) is 2.06. The maximum Gasteiger partial charge on any atom is 0.410 e. The molecule has 1 aliphatic heterocycles. The Morgan fingerprint density at radius 2 is 2.29 bits per heavy atom. The standard InChI is InChI=1S/C14H20ClN3O3/c1-14(2,3)21-13(19)18-7-5-10(8-18)9-20-11-4-6-16-12(15)17-11/h4,6,10H,5,7-9H2,1-3H3. The Kier molecular flexibility index (Phi) is 4.88. The quantitative estimate of drug-likeness (QED) is 0.803. The number of halogens is 1. The summed E-state index contributed by atoms with van der Waals surface area (Å²) in [5, 5.41) is 0.161. The Balaban J connectivity index is 1.79. The second-order valence-electron chi connectivity index (χ2n) is 6.06. The summed E-state index contributed by atoms with van der Waals surface area (Å²) in [6, 6.07) is 1.66. The van der Waals surface area contributed by atoms with Gasteiger partial charge in [-0.05, 0) is 38.8 Å². The lowest BCUT2D eigenvalue weighted by Crippen LogP contribution is -2.35. The van der Waals surface area contributed by atoms with Crippen molar-refractivity contribution in [1.82, 2.24) is 14.9 Å². The Bertz CT molecular complexity index is 504. The molecule has 116 valence electrons. The predicted octanol–water partition coefficient (Wildman–Crippen LogP) is 2.77. The lowest BCUT2D eigenvalue weighted by molar-refractivity contribution is 0.0284.